The van der Waals surface area contributed by atoms with Crippen molar-refractivity contribution >= 4 is 5.91 Å². The molecule has 0 N–H and O–H groups in total. The molecule has 1 amide bonds. The van der Waals surface area contributed by atoms with Crippen LogP contribution < -0.4 is 14.2 Å². The fourth-order valence-corrected chi connectivity index (χ4v) is 4.22. The quantitative estimate of drug-likeness (QED) is 0.267. The lowest BCUT2D eigenvalue weighted by molar-refractivity contribution is -0.132. The molecule has 8 nitrogen and oxygen atoms in total. The van der Waals surface area contributed by atoms with Crippen LogP contribution in [-0.2, 0) is 17.6 Å². The zero-order chi connectivity index (χ0) is 27.1. The van der Waals surface area contributed by atoms with Crippen LogP contribution in [-0.4, -0.2) is 48.8 Å². The first-order valence-corrected chi connectivity index (χ1v) is 12.1. The van der Waals surface area contributed by atoms with Gasteiger partial charge in [0, 0.05) is 18.5 Å². The minimum Gasteiger partial charge on any atom is -0.493 e. The van der Waals surface area contributed by atoms with E-state index < -0.39 is 0 Å². The van der Waals surface area contributed by atoms with Gasteiger partial charge in [-0.1, -0.05) is 47.6 Å². The molecule has 0 spiro atoms. The van der Waals surface area contributed by atoms with E-state index in [1.165, 1.54) is 33.5 Å². The first kappa shape index (κ1) is 26.7. The molecule has 38 heavy (non-hydrogen) atoms. The molecule has 1 heterocycles. The molecule has 0 unspecified atom stereocenters. The molecule has 1 aromatic heterocycles. The van der Waals surface area contributed by atoms with Gasteiger partial charge in [-0.25, -0.2) is 4.39 Å². The second-order valence-corrected chi connectivity index (χ2v) is 8.65. The van der Waals surface area contributed by atoms with E-state index in [-0.39, 0.29) is 24.2 Å². The summed E-state index contributed by atoms with van der Waals surface area (Å²) in [6.07, 6.45) is 0.502. The van der Waals surface area contributed by atoms with Gasteiger partial charge in [-0.2, -0.15) is 4.98 Å². The molecule has 0 saturated carbocycles. The number of rotatable bonds is 11. The van der Waals surface area contributed by atoms with Gasteiger partial charge in [0.25, 0.3) is 0 Å². The minimum absolute atomic E-state index is 0.0858. The normalized spacial score (nSPS) is 11.6. The highest BCUT2D eigenvalue weighted by molar-refractivity contribution is 5.79. The lowest BCUT2D eigenvalue weighted by Gasteiger charge is -2.29. The fraction of sp³-hybridized carbons (Fsp3) is 0.276. The van der Waals surface area contributed by atoms with E-state index in [0.717, 1.165) is 11.1 Å². The Bertz CT molecular complexity index is 1330. The third kappa shape index (κ3) is 6.11. The van der Waals surface area contributed by atoms with Crippen molar-refractivity contribution in [2.45, 2.75) is 25.8 Å². The summed E-state index contributed by atoms with van der Waals surface area (Å²) in [5.74, 6) is 1.73. The van der Waals surface area contributed by atoms with Crippen LogP contribution in [0.1, 0.15) is 30.0 Å². The number of hydrogen-bond acceptors (Lipinski definition) is 7. The zero-order valence-electron chi connectivity index (χ0n) is 21.8. The number of carbonyl (C=O) groups is 1. The van der Waals surface area contributed by atoms with Gasteiger partial charge in [0.1, 0.15) is 5.82 Å². The number of nitrogens with zero attached hydrogens (tertiary/aromatic N) is 3. The number of amides is 1. The summed E-state index contributed by atoms with van der Waals surface area (Å²) in [6.45, 7) is 2.33. The van der Waals surface area contributed by atoms with E-state index in [2.05, 4.69) is 10.1 Å². The Morgan fingerprint density at radius 1 is 0.974 bits per heavy atom. The molecule has 9 heteroatoms. The Morgan fingerprint density at radius 3 is 2.24 bits per heavy atom. The van der Waals surface area contributed by atoms with E-state index in [1.807, 2.05) is 37.3 Å². The van der Waals surface area contributed by atoms with E-state index >= 15 is 0 Å². The number of aromatic nitrogens is 2. The molecule has 0 aliphatic heterocycles. The maximum Gasteiger partial charge on any atom is 0.228 e. The maximum atomic E-state index is 13.4. The second kappa shape index (κ2) is 12.2. The summed E-state index contributed by atoms with van der Waals surface area (Å²) in [5.41, 5.74) is 2.38. The zero-order valence-corrected chi connectivity index (χ0v) is 21.8. The van der Waals surface area contributed by atoms with Crippen molar-refractivity contribution in [1.29, 1.82) is 0 Å². The van der Waals surface area contributed by atoms with Crippen LogP contribution in [0, 0.1) is 5.82 Å². The van der Waals surface area contributed by atoms with Crippen molar-refractivity contribution in [3.05, 3.63) is 89.6 Å². The summed E-state index contributed by atoms with van der Waals surface area (Å²) in [5, 5.41) is 4.12. The predicted octanol–water partition coefficient (Wildman–Crippen LogP) is 5.28. The number of ether oxygens (including phenoxy) is 3. The van der Waals surface area contributed by atoms with Crippen LogP contribution >= 0.6 is 0 Å². The minimum atomic E-state index is -0.338. The molecular weight excluding hydrogens is 489 g/mol. The number of hydrogen-bond donors (Lipinski definition) is 0. The third-order valence-electron chi connectivity index (χ3n) is 6.30. The van der Waals surface area contributed by atoms with Crippen LogP contribution in [0.5, 0.6) is 17.2 Å². The van der Waals surface area contributed by atoms with Crippen molar-refractivity contribution in [2.24, 2.45) is 0 Å². The monoisotopic (exact) mass is 519 g/mol. The first-order chi connectivity index (χ1) is 18.4. The van der Waals surface area contributed by atoms with Crippen molar-refractivity contribution in [2.75, 3.05) is 27.9 Å². The van der Waals surface area contributed by atoms with Gasteiger partial charge >= 0.3 is 0 Å². The van der Waals surface area contributed by atoms with Crippen molar-refractivity contribution in [1.82, 2.24) is 15.0 Å². The van der Waals surface area contributed by atoms with Gasteiger partial charge < -0.3 is 23.6 Å². The second-order valence-electron chi connectivity index (χ2n) is 8.65. The lowest BCUT2D eigenvalue weighted by atomic mass is 10.0. The van der Waals surface area contributed by atoms with Gasteiger partial charge in [-0.15, -0.1) is 0 Å². The predicted molar refractivity (Wildman–Crippen MR) is 140 cm³/mol. The molecule has 0 aliphatic rings. The van der Waals surface area contributed by atoms with E-state index in [1.54, 1.807) is 29.2 Å². The summed E-state index contributed by atoms with van der Waals surface area (Å²) >= 11 is 0. The molecule has 0 saturated heterocycles. The van der Waals surface area contributed by atoms with Crippen LogP contribution in [0.3, 0.4) is 0 Å². The Labute approximate surface area is 220 Å². The first-order valence-electron chi connectivity index (χ1n) is 12.1. The fourth-order valence-electron chi connectivity index (χ4n) is 4.22. The Hall–Kier alpha value is -4.40. The summed E-state index contributed by atoms with van der Waals surface area (Å²) < 4.78 is 35.1. The summed E-state index contributed by atoms with van der Waals surface area (Å²) in [6, 6.07) is 19.0. The molecule has 0 aliphatic carbocycles. The van der Waals surface area contributed by atoms with Gasteiger partial charge in [0.05, 0.1) is 33.8 Å². The smallest absolute Gasteiger partial charge is 0.228 e. The van der Waals surface area contributed by atoms with Gasteiger partial charge in [-0.3, -0.25) is 4.79 Å². The highest BCUT2D eigenvalue weighted by Crippen LogP contribution is 2.40. The van der Waals surface area contributed by atoms with Crippen LogP contribution in [0.15, 0.2) is 71.3 Å². The average molecular weight is 520 g/mol. The largest absolute Gasteiger partial charge is 0.493 e. The number of carbonyl (C=O) groups excluding carboxylic acids is 1. The molecule has 0 radical (unpaired) electrons. The van der Waals surface area contributed by atoms with E-state index in [0.29, 0.717) is 47.5 Å². The van der Waals surface area contributed by atoms with Crippen LogP contribution in [0.4, 0.5) is 4.39 Å². The standard InChI is InChI=1S/C29H30FN3O5/c1-19(21-8-6-5-7-9-21)33(27(34)16-20-10-12-23(30)13-11-20)15-14-26-31-29(32-38-26)22-17-24(35-2)28(37-4)25(18-22)36-3/h5-13,17-19H,14-16H2,1-4H3/t19-/m0/s1. The van der Waals surface area contributed by atoms with Crippen molar-refractivity contribution in [3.8, 4) is 28.6 Å². The number of methoxy groups -OCH3 is 3. The lowest BCUT2D eigenvalue weighted by Crippen LogP contribution is -2.36. The third-order valence-corrected chi connectivity index (χ3v) is 6.30. The summed E-state index contributed by atoms with van der Waals surface area (Å²) in [4.78, 5) is 19.7. The Balaban J connectivity index is 1.54. The molecule has 4 aromatic rings. The maximum absolute atomic E-state index is 13.4. The SMILES string of the molecule is COc1cc(-c2noc(CCN(C(=O)Cc3ccc(F)cc3)[C@@H](C)c3ccccc3)n2)cc(OC)c1OC. The highest BCUT2D eigenvalue weighted by Gasteiger charge is 2.23. The molecule has 198 valence electrons. The average Bonchev–Trinajstić information content (AvgIpc) is 3.43. The van der Waals surface area contributed by atoms with Crippen LogP contribution in [0.25, 0.3) is 11.4 Å². The Kier molecular flexibility index (Phi) is 8.58. The number of halogens is 1. The molecule has 1 atom stereocenters. The van der Waals surface area contributed by atoms with Gasteiger partial charge in [-0.05, 0) is 42.3 Å². The van der Waals surface area contributed by atoms with Gasteiger partial charge in [0.15, 0.2) is 11.5 Å². The van der Waals surface area contributed by atoms with Crippen molar-refractivity contribution < 1.29 is 27.9 Å². The number of benzene rings is 3. The van der Waals surface area contributed by atoms with Gasteiger partial charge in [0.2, 0.25) is 23.4 Å². The molecule has 3 aromatic carbocycles. The molecule has 0 fully saturated rings. The van der Waals surface area contributed by atoms with Crippen LogP contribution in [0.2, 0.25) is 0 Å². The highest BCUT2D eigenvalue weighted by atomic mass is 19.1. The van der Waals surface area contributed by atoms with Crippen molar-refractivity contribution in [3.63, 3.8) is 0 Å². The van der Waals surface area contributed by atoms with E-state index in [4.69, 9.17) is 18.7 Å². The molecule has 0 bridgehead atoms. The van der Waals surface area contributed by atoms with E-state index in [9.17, 15) is 9.18 Å². The topological polar surface area (TPSA) is 86.9 Å². The summed E-state index contributed by atoms with van der Waals surface area (Å²) in [7, 11) is 4.61. The molecule has 4 rings (SSSR count). The molecular formula is C29H30FN3O5. The Morgan fingerprint density at radius 2 is 1.63 bits per heavy atom.